The second-order valence-electron chi connectivity index (χ2n) is 6.61. The number of pyridine rings is 1. The van der Waals surface area contributed by atoms with Gasteiger partial charge in [-0.2, -0.15) is 4.31 Å². The van der Waals surface area contributed by atoms with E-state index in [4.69, 9.17) is 0 Å². The van der Waals surface area contributed by atoms with Crippen molar-refractivity contribution >= 4 is 61.5 Å². The largest absolute Gasteiger partial charge is 0.274 e. The maximum absolute atomic E-state index is 13.4. The van der Waals surface area contributed by atoms with Gasteiger partial charge in [0.25, 0.3) is 15.9 Å². The Hall–Kier alpha value is -2.15. The van der Waals surface area contributed by atoms with E-state index in [0.717, 1.165) is 24.1 Å². The van der Waals surface area contributed by atoms with Gasteiger partial charge in [0.2, 0.25) is 5.91 Å². The van der Waals surface area contributed by atoms with E-state index in [0.29, 0.717) is 11.3 Å². The molecule has 1 unspecified atom stereocenters. The highest BCUT2D eigenvalue weighted by Crippen LogP contribution is 2.32. The van der Waals surface area contributed by atoms with Crippen LogP contribution in [-0.4, -0.2) is 35.6 Å². The van der Waals surface area contributed by atoms with Gasteiger partial charge in [0.15, 0.2) is 0 Å². The van der Waals surface area contributed by atoms with Crippen molar-refractivity contribution in [1.82, 2.24) is 9.29 Å². The summed E-state index contributed by atoms with van der Waals surface area (Å²) in [5.74, 6) is -0.978. The molecule has 4 rings (SSSR count). The number of hydrogen-bond acceptors (Lipinski definition) is 6. The monoisotopic (exact) mass is 553 g/mol. The summed E-state index contributed by atoms with van der Waals surface area (Å²) in [6, 6.07) is 12.4. The van der Waals surface area contributed by atoms with Crippen LogP contribution in [0.2, 0.25) is 0 Å². The lowest BCUT2D eigenvalue weighted by molar-refractivity contribution is -0.122. The van der Waals surface area contributed by atoms with Crippen molar-refractivity contribution in [2.45, 2.75) is 23.2 Å². The number of carbonyl (C=O) groups is 2. The molecule has 1 saturated heterocycles. The fourth-order valence-corrected chi connectivity index (χ4v) is 6.31. The van der Waals surface area contributed by atoms with Gasteiger partial charge in [-0.05, 0) is 69.9 Å². The number of sulfonamides is 1. The summed E-state index contributed by atoms with van der Waals surface area (Å²) in [5.41, 5.74) is 1.06. The molecule has 7 nitrogen and oxygen atoms in total. The molecule has 1 aliphatic heterocycles. The van der Waals surface area contributed by atoms with Gasteiger partial charge in [-0.15, -0.1) is 11.3 Å². The number of imide groups is 1. The number of thiophene rings is 1. The molecular weight excluding hydrogens is 537 g/mol. The van der Waals surface area contributed by atoms with Gasteiger partial charge in [-0.3, -0.25) is 14.6 Å². The standard InChI is InChI=1S/C20H16IN3O4S2/c21-15-5-7-16(8-6-15)24-18(25)11-17(20(24)26)23(13-14-3-1-9-22-12-14)30(27,28)19-4-2-10-29-19/h1-10,12,17H,11,13H2. The minimum absolute atomic E-state index is 0.0573. The smallest absolute Gasteiger partial charge is 0.253 e. The van der Waals surface area contributed by atoms with Gasteiger partial charge in [0, 0.05) is 22.5 Å². The number of hydrogen-bond donors (Lipinski definition) is 0. The van der Waals surface area contributed by atoms with Crippen LogP contribution in [0.25, 0.3) is 0 Å². The minimum Gasteiger partial charge on any atom is -0.274 e. The predicted octanol–water partition coefficient (Wildman–Crippen LogP) is 3.27. The highest BCUT2D eigenvalue weighted by Gasteiger charge is 2.47. The van der Waals surface area contributed by atoms with E-state index in [1.807, 2.05) is 0 Å². The molecule has 1 atom stereocenters. The molecule has 0 spiro atoms. The lowest BCUT2D eigenvalue weighted by Crippen LogP contribution is -2.44. The molecule has 0 bridgehead atoms. The number of carbonyl (C=O) groups excluding carboxylic acids is 2. The molecule has 0 saturated carbocycles. The first kappa shape index (κ1) is 21.1. The van der Waals surface area contributed by atoms with Crippen LogP contribution in [0, 0.1) is 3.57 Å². The van der Waals surface area contributed by atoms with Gasteiger partial charge in [0.05, 0.1) is 12.1 Å². The van der Waals surface area contributed by atoms with Crippen molar-refractivity contribution in [3.8, 4) is 0 Å². The van der Waals surface area contributed by atoms with Gasteiger partial charge in [-0.25, -0.2) is 13.3 Å². The minimum atomic E-state index is -3.98. The molecule has 0 aliphatic carbocycles. The summed E-state index contributed by atoms with van der Waals surface area (Å²) in [4.78, 5) is 31.1. The molecule has 3 aromatic rings. The molecule has 30 heavy (non-hydrogen) atoms. The maximum atomic E-state index is 13.4. The van der Waals surface area contributed by atoms with E-state index in [-0.39, 0.29) is 17.2 Å². The molecule has 2 aromatic heterocycles. The Kier molecular flexibility index (Phi) is 6.00. The van der Waals surface area contributed by atoms with E-state index in [1.165, 1.54) is 6.07 Å². The third-order valence-electron chi connectivity index (χ3n) is 4.67. The molecule has 1 aromatic carbocycles. The SMILES string of the molecule is O=C1CC(N(Cc2cccnc2)S(=O)(=O)c2cccs2)C(=O)N1c1ccc(I)cc1. The summed E-state index contributed by atoms with van der Waals surface area (Å²) in [7, 11) is -3.98. The lowest BCUT2D eigenvalue weighted by atomic mass is 10.2. The number of aromatic nitrogens is 1. The summed E-state index contributed by atoms with van der Waals surface area (Å²) in [6.45, 7) is -0.0573. The van der Waals surface area contributed by atoms with Crippen LogP contribution in [0.15, 0.2) is 70.5 Å². The molecule has 0 radical (unpaired) electrons. The predicted molar refractivity (Wildman–Crippen MR) is 121 cm³/mol. The summed E-state index contributed by atoms with van der Waals surface area (Å²) >= 11 is 3.21. The Morgan fingerprint density at radius 2 is 1.90 bits per heavy atom. The fourth-order valence-electron chi connectivity index (χ4n) is 3.26. The summed E-state index contributed by atoms with van der Waals surface area (Å²) < 4.78 is 28.9. The summed E-state index contributed by atoms with van der Waals surface area (Å²) in [6.07, 6.45) is 2.93. The zero-order chi connectivity index (χ0) is 21.3. The summed E-state index contributed by atoms with van der Waals surface area (Å²) in [5, 5.41) is 1.66. The van der Waals surface area contributed by atoms with Crippen LogP contribution in [0.5, 0.6) is 0 Å². The highest BCUT2D eigenvalue weighted by molar-refractivity contribution is 14.1. The molecule has 2 amide bonds. The Balaban J connectivity index is 1.73. The first-order chi connectivity index (χ1) is 14.4. The van der Waals surface area contributed by atoms with Crippen LogP contribution in [0.4, 0.5) is 5.69 Å². The normalized spacial score (nSPS) is 17.1. The average Bonchev–Trinajstić information content (AvgIpc) is 3.37. The highest BCUT2D eigenvalue weighted by atomic mass is 127. The van der Waals surface area contributed by atoms with E-state index >= 15 is 0 Å². The third-order valence-corrected chi connectivity index (χ3v) is 8.62. The number of benzene rings is 1. The first-order valence-corrected chi connectivity index (χ1v) is 12.3. The van der Waals surface area contributed by atoms with E-state index < -0.39 is 27.9 Å². The van der Waals surface area contributed by atoms with E-state index in [1.54, 1.807) is 60.2 Å². The Morgan fingerprint density at radius 1 is 1.13 bits per heavy atom. The number of amides is 2. The number of rotatable bonds is 6. The van der Waals surface area contributed by atoms with Gasteiger partial charge < -0.3 is 0 Å². The maximum Gasteiger partial charge on any atom is 0.253 e. The second-order valence-corrected chi connectivity index (χ2v) is 10.9. The molecule has 1 fully saturated rings. The zero-order valence-corrected chi connectivity index (χ0v) is 19.3. The zero-order valence-electron chi connectivity index (χ0n) is 15.5. The van der Waals surface area contributed by atoms with Crippen molar-refractivity contribution in [2.24, 2.45) is 0 Å². The Labute approximate surface area is 191 Å². The molecule has 1 aliphatic rings. The molecule has 154 valence electrons. The van der Waals surface area contributed by atoms with Gasteiger partial charge in [-0.1, -0.05) is 12.1 Å². The van der Waals surface area contributed by atoms with E-state index in [9.17, 15) is 18.0 Å². The van der Waals surface area contributed by atoms with Crippen molar-refractivity contribution in [3.63, 3.8) is 0 Å². The molecule has 0 N–H and O–H groups in total. The number of anilines is 1. The van der Waals surface area contributed by atoms with Crippen LogP contribution < -0.4 is 4.90 Å². The first-order valence-electron chi connectivity index (χ1n) is 8.94. The quantitative estimate of drug-likeness (QED) is 0.346. The van der Waals surface area contributed by atoms with Crippen LogP contribution in [-0.2, 0) is 26.2 Å². The Bertz CT molecular complexity index is 1170. The fraction of sp³-hybridized carbons (Fsp3) is 0.150. The van der Waals surface area contributed by atoms with Crippen molar-refractivity contribution in [1.29, 1.82) is 0 Å². The van der Waals surface area contributed by atoms with Gasteiger partial charge in [0.1, 0.15) is 10.3 Å². The molecule has 3 heterocycles. The topological polar surface area (TPSA) is 87.6 Å². The average molecular weight is 553 g/mol. The van der Waals surface area contributed by atoms with Crippen molar-refractivity contribution in [3.05, 3.63) is 75.4 Å². The third kappa shape index (κ3) is 4.04. The van der Waals surface area contributed by atoms with Crippen LogP contribution >= 0.6 is 33.9 Å². The second kappa shape index (κ2) is 8.53. The lowest BCUT2D eigenvalue weighted by Gasteiger charge is -2.26. The van der Waals surface area contributed by atoms with Crippen LogP contribution in [0.1, 0.15) is 12.0 Å². The Morgan fingerprint density at radius 3 is 2.53 bits per heavy atom. The van der Waals surface area contributed by atoms with Crippen molar-refractivity contribution < 1.29 is 18.0 Å². The van der Waals surface area contributed by atoms with E-state index in [2.05, 4.69) is 27.6 Å². The number of halogens is 1. The number of nitrogens with zero attached hydrogens (tertiary/aromatic N) is 3. The van der Waals surface area contributed by atoms with Gasteiger partial charge >= 0.3 is 0 Å². The molecular formula is C20H16IN3O4S2. The molecule has 10 heteroatoms. The van der Waals surface area contributed by atoms with Crippen molar-refractivity contribution in [2.75, 3.05) is 4.90 Å². The van der Waals surface area contributed by atoms with Crippen LogP contribution in [0.3, 0.4) is 0 Å².